The van der Waals surface area contributed by atoms with E-state index >= 15 is 0 Å². The summed E-state index contributed by atoms with van der Waals surface area (Å²) in [5, 5.41) is 13.8. The van der Waals surface area contributed by atoms with Gasteiger partial charge in [0.25, 0.3) is 0 Å². The quantitative estimate of drug-likeness (QED) is 0.648. The smallest absolute Gasteiger partial charge is 0.304 e. The molecule has 6 nitrogen and oxygen atoms in total. The van der Waals surface area contributed by atoms with E-state index in [4.69, 9.17) is 4.74 Å². The highest BCUT2D eigenvalue weighted by Crippen LogP contribution is 2.18. The van der Waals surface area contributed by atoms with Gasteiger partial charge in [0.15, 0.2) is 0 Å². The predicted octanol–water partition coefficient (Wildman–Crippen LogP) is 1.15. The van der Waals surface area contributed by atoms with Crippen LogP contribution in [0.4, 0.5) is 10.1 Å². The summed E-state index contributed by atoms with van der Waals surface area (Å²) in [4.78, 5) is 11.8. The van der Waals surface area contributed by atoms with Crippen LogP contribution in [-0.4, -0.2) is 49.2 Å². The van der Waals surface area contributed by atoms with Crippen molar-refractivity contribution in [1.82, 2.24) is 10.2 Å². The Balaban J connectivity index is 1.92. The molecule has 1 atom stereocenters. The molecule has 0 amide bonds. The number of benzene rings is 1. The standard InChI is InChI=1S/C13H18FN3O3/c1-16(9-11-7-15-4-5-20-11)8-10-2-3-13(17(18)19)12(14)6-10/h2-3,6,11,15H,4-5,7-9H2,1H3. The number of ether oxygens (including phenoxy) is 1. The maximum Gasteiger partial charge on any atom is 0.304 e. The first kappa shape index (κ1) is 14.8. The summed E-state index contributed by atoms with van der Waals surface area (Å²) < 4.78 is 19.1. The summed E-state index contributed by atoms with van der Waals surface area (Å²) in [6.07, 6.45) is 0.122. The molecule has 0 saturated carbocycles. The van der Waals surface area contributed by atoms with E-state index < -0.39 is 16.4 Å². The molecule has 1 aliphatic heterocycles. The van der Waals surface area contributed by atoms with Gasteiger partial charge in [-0.1, -0.05) is 6.07 Å². The molecular formula is C13H18FN3O3. The monoisotopic (exact) mass is 283 g/mol. The second-order valence-corrected chi connectivity index (χ2v) is 4.94. The molecule has 0 aliphatic carbocycles. The summed E-state index contributed by atoms with van der Waals surface area (Å²) in [5.41, 5.74) is 0.218. The lowest BCUT2D eigenvalue weighted by molar-refractivity contribution is -0.387. The minimum Gasteiger partial charge on any atom is -0.374 e. The average Bonchev–Trinajstić information content (AvgIpc) is 2.39. The number of nitro groups is 1. The molecule has 1 unspecified atom stereocenters. The fourth-order valence-corrected chi connectivity index (χ4v) is 2.26. The van der Waals surface area contributed by atoms with Crippen molar-refractivity contribution in [3.63, 3.8) is 0 Å². The Kier molecular flexibility index (Phi) is 4.99. The Morgan fingerprint density at radius 1 is 1.60 bits per heavy atom. The Labute approximate surface area is 116 Å². The number of nitrogens with one attached hydrogen (secondary N) is 1. The van der Waals surface area contributed by atoms with Gasteiger partial charge >= 0.3 is 5.69 Å². The maximum absolute atomic E-state index is 13.5. The number of nitro benzene ring substituents is 1. The highest BCUT2D eigenvalue weighted by atomic mass is 19.1. The zero-order chi connectivity index (χ0) is 14.5. The van der Waals surface area contributed by atoms with Gasteiger partial charge in [-0.3, -0.25) is 15.0 Å². The molecule has 1 fully saturated rings. The Hall–Kier alpha value is -1.57. The normalized spacial score (nSPS) is 19.2. The van der Waals surface area contributed by atoms with Crippen LogP contribution in [0.3, 0.4) is 0 Å². The van der Waals surface area contributed by atoms with Gasteiger partial charge in [0, 0.05) is 32.2 Å². The van der Waals surface area contributed by atoms with E-state index in [-0.39, 0.29) is 6.10 Å². The fraction of sp³-hybridized carbons (Fsp3) is 0.538. The topological polar surface area (TPSA) is 67.6 Å². The summed E-state index contributed by atoms with van der Waals surface area (Å²) in [5.74, 6) is -0.795. The van der Waals surface area contributed by atoms with E-state index in [1.54, 1.807) is 6.07 Å². The zero-order valence-electron chi connectivity index (χ0n) is 11.3. The van der Waals surface area contributed by atoms with Crippen molar-refractivity contribution in [2.24, 2.45) is 0 Å². The highest BCUT2D eigenvalue weighted by Gasteiger charge is 2.17. The van der Waals surface area contributed by atoms with Gasteiger partial charge in [-0.15, -0.1) is 0 Å². The zero-order valence-corrected chi connectivity index (χ0v) is 11.3. The second-order valence-electron chi connectivity index (χ2n) is 4.94. The van der Waals surface area contributed by atoms with Crippen LogP contribution < -0.4 is 5.32 Å². The van der Waals surface area contributed by atoms with Gasteiger partial charge < -0.3 is 10.1 Å². The van der Waals surface area contributed by atoms with Crippen LogP contribution in [0.2, 0.25) is 0 Å². The lowest BCUT2D eigenvalue weighted by Crippen LogP contribution is -2.44. The van der Waals surface area contributed by atoms with Crippen LogP contribution >= 0.6 is 0 Å². The molecule has 1 aromatic rings. The number of hydrogen-bond donors (Lipinski definition) is 1. The third kappa shape index (κ3) is 3.96. The third-order valence-corrected chi connectivity index (χ3v) is 3.18. The average molecular weight is 283 g/mol. The van der Waals surface area contributed by atoms with Crippen LogP contribution in [0.25, 0.3) is 0 Å². The van der Waals surface area contributed by atoms with Gasteiger partial charge in [0.1, 0.15) is 0 Å². The number of hydrogen-bond acceptors (Lipinski definition) is 5. The fourth-order valence-electron chi connectivity index (χ4n) is 2.26. The highest BCUT2D eigenvalue weighted by molar-refractivity contribution is 5.34. The minimum atomic E-state index is -0.795. The van der Waals surface area contributed by atoms with Crippen LogP contribution in [0.15, 0.2) is 18.2 Å². The maximum atomic E-state index is 13.5. The summed E-state index contributed by atoms with van der Waals surface area (Å²) in [6.45, 7) is 3.62. The lowest BCUT2D eigenvalue weighted by Gasteiger charge is -2.28. The van der Waals surface area contributed by atoms with Crippen LogP contribution in [-0.2, 0) is 11.3 Å². The number of halogens is 1. The largest absolute Gasteiger partial charge is 0.374 e. The second kappa shape index (κ2) is 6.74. The van der Waals surface area contributed by atoms with E-state index in [9.17, 15) is 14.5 Å². The first-order valence-corrected chi connectivity index (χ1v) is 6.50. The molecule has 0 radical (unpaired) electrons. The molecule has 0 bridgehead atoms. The molecule has 20 heavy (non-hydrogen) atoms. The van der Waals surface area contributed by atoms with Crippen molar-refractivity contribution >= 4 is 5.69 Å². The number of rotatable bonds is 5. The van der Waals surface area contributed by atoms with Crippen LogP contribution in [0.1, 0.15) is 5.56 Å². The van der Waals surface area contributed by atoms with E-state index in [1.807, 2.05) is 11.9 Å². The Morgan fingerprint density at radius 2 is 2.40 bits per heavy atom. The molecule has 1 saturated heterocycles. The van der Waals surface area contributed by atoms with E-state index in [2.05, 4.69) is 5.32 Å². The van der Waals surface area contributed by atoms with Gasteiger partial charge in [-0.05, 0) is 18.7 Å². The molecule has 1 aliphatic rings. The predicted molar refractivity (Wildman–Crippen MR) is 72.0 cm³/mol. The molecule has 0 aromatic heterocycles. The summed E-state index contributed by atoms with van der Waals surface area (Å²) >= 11 is 0. The minimum absolute atomic E-state index is 0.122. The molecule has 7 heteroatoms. The molecular weight excluding hydrogens is 265 g/mol. The van der Waals surface area contributed by atoms with E-state index in [1.165, 1.54) is 12.1 Å². The van der Waals surface area contributed by atoms with E-state index in [0.29, 0.717) is 18.7 Å². The number of likely N-dealkylation sites (N-methyl/N-ethyl adjacent to an activating group) is 1. The van der Waals surface area contributed by atoms with Crippen molar-refractivity contribution in [2.45, 2.75) is 12.6 Å². The van der Waals surface area contributed by atoms with Gasteiger partial charge in [-0.25, -0.2) is 0 Å². The summed E-state index contributed by atoms with van der Waals surface area (Å²) in [7, 11) is 1.91. The van der Waals surface area contributed by atoms with Gasteiger partial charge in [0.2, 0.25) is 5.82 Å². The first-order chi connectivity index (χ1) is 9.56. The molecule has 1 heterocycles. The van der Waals surface area contributed by atoms with Crippen LogP contribution in [0, 0.1) is 15.9 Å². The Morgan fingerprint density at radius 3 is 3.00 bits per heavy atom. The van der Waals surface area contributed by atoms with E-state index in [0.717, 1.165) is 19.6 Å². The molecule has 2 rings (SSSR count). The van der Waals surface area contributed by atoms with Gasteiger partial charge in [-0.2, -0.15) is 4.39 Å². The number of morpholine rings is 1. The lowest BCUT2D eigenvalue weighted by atomic mass is 10.2. The Bertz CT molecular complexity index is 478. The summed E-state index contributed by atoms with van der Waals surface area (Å²) in [6, 6.07) is 4.00. The van der Waals surface area contributed by atoms with Gasteiger partial charge in [0.05, 0.1) is 17.6 Å². The SMILES string of the molecule is CN(Cc1ccc([N+](=O)[O-])c(F)c1)CC1CNCCO1. The van der Waals surface area contributed by atoms with Crippen molar-refractivity contribution in [1.29, 1.82) is 0 Å². The van der Waals surface area contributed by atoms with Crippen molar-refractivity contribution in [2.75, 3.05) is 33.3 Å². The third-order valence-electron chi connectivity index (χ3n) is 3.18. The van der Waals surface area contributed by atoms with Crippen LogP contribution in [0.5, 0.6) is 0 Å². The molecule has 1 aromatic carbocycles. The molecule has 110 valence electrons. The van der Waals surface area contributed by atoms with Crippen molar-refractivity contribution < 1.29 is 14.1 Å². The molecule has 1 N–H and O–H groups in total. The number of nitrogens with zero attached hydrogens (tertiary/aromatic N) is 2. The molecule has 0 spiro atoms. The van der Waals surface area contributed by atoms with Crippen molar-refractivity contribution in [3.05, 3.63) is 39.7 Å². The van der Waals surface area contributed by atoms with Crippen molar-refractivity contribution in [3.8, 4) is 0 Å². The first-order valence-electron chi connectivity index (χ1n) is 6.50.